The minimum Gasteiger partial charge on any atom is -0.337 e. The molecule has 194 valence electrons. The van der Waals surface area contributed by atoms with Crippen molar-refractivity contribution in [2.24, 2.45) is 0 Å². The Morgan fingerprint density at radius 1 is 0.390 bits per heavy atom. The Kier molecular flexibility index (Phi) is 6.44. The third-order valence-corrected chi connectivity index (χ3v) is 6.99. The number of hydrogen-bond acceptors (Lipinski definition) is 4. The lowest BCUT2D eigenvalue weighted by molar-refractivity contribution is 1.22. The largest absolute Gasteiger partial charge is 0.337 e. The molecule has 4 heterocycles. The monoisotopic (exact) mass is 527 g/mol. The zero-order valence-electron chi connectivity index (χ0n) is 22.1. The van der Waals surface area contributed by atoms with Crippen LogP contribution in [-0.2, 0) is 0 Å². The lowest BCUT2D eigenvalue weighted by atomic mass is 10.0. The Morgan fingerprint density at radius 2 is 0.927 bits per heavy atom. The van der Waals surface area contributed by atoms with Gasteiger partial charge in [-0.15, -0.1) is 0 Å². The highest BCUT2D eigenvalue weighted by Crippen LogP contribution is 2.34. The molecule has 5 heteroatoms. The fraction of sp³-hybridized carbons (Fsp3) is 0. The van der Waals surface area contributed by atoms with Crippen molar-refractivity contribution >= 4 is 0 Å². The van der Waals surface area contributed by atoms with Crippen molar-refractivity contribution in [2.45, 2.75) is 0 Å². The number of pyridine rings is 3. The van der Waals surface area contributed by atoms with Crippen LogP contribution in [-0.4, -0.2) is 24.9 Å². The summed E-state index contributed by atoms with van der Waals surface area (Å²) in [7, 11) is 0. The standard InChI is InChI=1S/C36H25N5/c1-3-11-26(12-4-1)34-35(27-13-5-2-6-14-27)41-36(40-34)28-19-17-25(18-20-28)29-23-32(30-15-7-9-21-37-30)39-33(24-29)31-16-8-10-22-38-31/h1-24H,(H,40,41). The highest BCUT2D eigenvalue weighted by Gasteiger charge is 2.16. The first-order valence-electron chi connectivity index (χ1n) is 13.5. The van der Waals surface area contributed by atoms with Gasteiger partial charge < -0.3 is 4.98 Å². The van der Waals surface area contributed by atoms with E-state index in [1.165, 1.54) is 0 Å². The predicted molar refractivity (Wildman–Crippen MR) is 165 cm³/mol. The van der Waals surface area contributed by atoms with Crippen LogP contribution in [0.3, 0.4) is 0 Å². The molecular formula is C36H25N5. The van der Waals surface area contributed by atoms with Gasteiger partial charge in [-0.1, -0.05) is 97.1 Å². The molecule has 4 aromatic heterocycles. The van der Waals surface area contributed by atoms with Gasteiger partial charge in [0.1, 0.15) is 5.82 Å². The molecule has 7 aromatic rings. The summed E-state index contributed by atoms with van der Waals surface area (Å²) in [5.74, 6) is 0.826. The van der Waals surface area contributed by atoms with Gasteiger partial charge in [0, 0.05) is 29.1 Å². The zero-order chi connectivity index (χ0) is 27.4. The molecule has 7 rings (SSSR count). The van der Waals surface area contributed by atoms with Crippen LogP contribution in [0.1, 0.15) is 0 Å². The van der Waals surface area contributed by atoms with Gasteiger partial charge in [0.25, 0.3) is 0 Å². The summed E-state index contributed by atoms with van der Waals surface area (Å²) in [6, 6.07) is 45.0. The van der Waals surface area contributed by atoms with Gasteiger partial charge in [-0.2, -0.15) is 0 Å². The van der Waals surface area contributed by atoms with Gasteiger partial charge in [-0.3, -0.25) is 9.97 Å². The summed E-state index contributed by atoms with van der Waals surface area (Å²) >= 11 is 0. The molecule has 0 bridgehead atoms. The highest BCUT2D eigenvalue weighted by atomic mass is 14.9. The van der Waals surface area contributed by atoms with Crippen molar-refractivity contribution < 1.29 is 0 Å². The van der Waals surface area contributed by atoms with Gasteiger partial charge in [0.15, 0.2) is 0 Å². The van der Waals surface area contributed by atoms with E-state index in [2.05, 4.69) is 75.6 Å². The Labute approximate surface area is 238 Å². The van der Waals surface area contributed by atoms with Crippen molar-refractivity contribution in [2.75, 3.05) is 0 Å². The van der Waals surface area contributed by atoms with E-state index < -0.39 is 0 Å². The molecule has 3 aromatic carbocycles. The van der Waals surface area contributed by atoms with Crippen molar-refractivity contribution in [3.63, 3.8) is 0 Å². The maximum Gasteiger partial charge on any atom is 0.138 e. The molecule has 0 fully saturated rings. The van der Waals surface area contributed by atoms with Crippen molar-refractivity contribution in [3.8, 4) is 67.8 Å². The number of nitrogens with one attached hydrogen (secondary N) is 1. The first kappa shape index (κ1) is 24.4. The SMILES string of the molecule is c1ccc(-c2nc(-c3ccc(-c4cc(-c5ccccn5)nc(-c5ccccn5)c4)cc3)[nH]c2-c2ccccc2)cc1. The summed E-state index contributed by atoms with van der Waals surface area (Å²) in [6.07, 6.45) is 3.57. The molecule has 0 amide bonds. The summed E-state index contributed by atoms with van der Waals surface area (Å²) in [4.78, 5) is 22.6. The number of nitrogens with zero attached hydrogens (tertiary/aromatic N) is 4. The van der Waals surface area contributed by atoms with E-state index in [0.717, 1.165) is 67.8 Å². The van der Waals surface area contributed by atoms with Crippen LogP contribution in [0.25, 0.3) is 67.8 Å². The van der Waals surface area contributed by atoms with Gasteiger partial charge in [-0.05, 0) is 47.5 Å². The van der Waals surface area contributed by atoms with Crippen LogP contribution in [0.5, 0.6) is 0 Å². The van der Waals surface area contributed by atoms with Crippen LogP contribution in [0.15, 0.2) is 146 Å². The molecule has 1 N–H and O–H groups in total. The molecular weight excluding hydrogens is 502 g/mol. The fourth-order valence-corrected chi connectivity index (χ4v) is 4.94. The van der Waals surface area contributed by atoms with E-state index in [1.54, 1.807) is 12.4 Å². The summed E-state index contributed by atoms with van der Waals surface area (Å²) in [5.41, 5.74) is 10.5. The van der Waals surface area contributed by atoms with E-state index in [9.17, 15) is 0 Å². The highest BCUT2D eigenvalue weighted by molar-refractivity contribution is 5.82. The lowest BCUT2D eigenvalue weighted by Crippen LogP contribution is -1.94. The Bertz CT molecular complexity index is 1780. The number of H-pyrrole nitrogens is 1. The molecule has 0 saturated carbocycles. The normalized spacial score (nSPS) is 10.9. The van der Waals surface area contributed by atoms with Gasteiger partial charge in [0.05, 0.1) is 34.2 Å². The summed E-state index contributed by atoms with van der Waals surface area (Å²) in [6.45, 7) is 0. The molecule has 0 unspecified atom stereocenters. The average Bonchev–Trinajstić information content (AvgIpc) is 3.52. The second-order valence-corrected chi connectivity index (χ2v) is 9.67. The maximum absolute atomic E-state index is 5.05. The van der Waals surface area contributed by atoms with E-state index in [-0.39, 0.29) is 0 Å². The van der Waals surface area contributed by atoms with E-state index in [4.69, 9.17) is 9.97 Å². The van der Waals surface area contributed by atoms with Gasteiger partial charge in [-0.25, -0.2) is 9.97 Å². The first-order chi connectivity index (χ1) is 20.3. The Hall–Kier alpha value is -5.68. The van der Waals surface area contributed by atoms with Crippen LogP contribution >= 0.6 is 0 Å². The van der Waals surface area contributed by atoms with E-state index in [1.807, 2.05) is 72.8 Å². The fourth-order valence-electron chi connectivity index (χ4n) is 4.94. The molecule has 0 radical (unpaired) electrons. The number of aromatic nitrogens is 5. The molecule has 0 aliphatic rings. The molecule has 0 aliphatic carbocycles. The summed E-state index contributed by atoms with van der Waals surface area (Å²) < 4.78 is 0. The second-order valence-electron chi connectivity index (χ2n) is 9.67. The number of rotatable bonds is 6. The zero-order valence-corrected chi connectivity index (χ0v) is 22.1. The van der Waals surface area contributed by atoms with Crippen LogP contribution in [0.4, 0.5) is 0 Å². The molecule has 0 saturated heterocycles. The van der Waals surface area contributed by atoms with E-state index in [0.29, 0.717) is 0 Å². The predicted octanol–water partition coefficient (Wildman–Crippen LogP) is 8.60. The third kappa shape index (κ3) is 5.04. The number of aromatic amines is 1. The number of benzene rings is 3. The van der Waals surface area contributed by atoms with Gasteiger partial charge in [0.2, 0.25) is 0 Å². The summed E-state index contributed by atoms with van der Waals surface area (Å²) in [5, 5.41) is 0. The molecule has 0 atom stereocenters. The number of imidazole rings is 1. The number of hydrogen-bond donors (Lipinski definition) is 1. The van der Waals surface area contributed by atoms with Crippen molar-refractivity contribution in [1.82, 2.24) is 24.9 Å². The van der Waals surface area contributed by atoms with E-state index >= 15 is 0 Å². The molecule has 5 nitrogen and oxygen atoms in total. The minimum absolute atomic E-state index is 0.805. The van der Waals surface area contributed by atoms with Gasteiger partial charge >= 0.3 is 0 Å². The quantitative estimate of drug-likeness (QED) is 0.235. The maximum atomic E-state index is 5.05. The minimum atomic E-state index is 0.805. The third-order valence-electron chi connectivity index (χ3n) is 6.99. The lowest BCUT2D eigenvalue weighted by Gasteiger charge is -2.10. The van der Waals surface area contributed by atoms with Crippen LogP contribution in [0, 0.1) is 0 Å². The van der Waals surface area contributed by atoms with Crippen molar-refractivity contribution in [1.29, 1.82) is 0 Å². The first-order valence-corrected chi connectivity index (χ1v) is 13.5. The van der Waals surface area contributed by atoms with Crippen LogP contribution < -0.4 is 0 Å². The average molecular weight is 528 g/mol. The molecule has 0 spiro atoms. The van der Waals surface area contributed by atoms with Crippen molar-refractivity contribution in [3.05, 3.63) is 146 Å². The Balaban J connectivity index is 1.29. The van der Waals surface area contributed by atoms with Crippen LogP contribution in [0.2, 0.25) is 0 Å². The molecule has 0 aliphatic heterocycles. The molecule has 41 heavy (non-hydrogen) atoms. The second kappa shape index (κ2) is 10.8. The smallest absolute Gasteiger partial charge is 0.138 e. The Morgan fingerprint density at radius 3 is 1.49 bits per heavy atom. The topological polar surface area (TPSA) is 67.3 Å².